The molecule has 0 N–H and O–H groups in total. The fraction of sp³-hybridized carbons (Fsp3) is 0.500. The summed E-state index contributed by atoms with van der Waals surface area (Å²) in [5, 5.41) is 21.8. The summed E-state index contributed by atoms with van der Waals surface area (Å²) < 4.78 is 3.14. The van der Waals surface area contributed by atoms with E-state index in [2.05, 4.69) is 9.97 Å². The van der Waals surface area contributed by atoms with Crippen LogP contribution in [0.5, 0.6) is 0 Å². The van der Waals surface area contributed by atoms with Gasteiger partial charge in [-0.25, -0.2) is 19.1 Å². The van der Waals surface area contributed by atoms with Gasteiger partial charge in [0.25, 0.3) is 0 Å². The van der Waals surface area contributed by atoms with Crippen LogP contribution in [0.25, 0.3) is 0 Å². The highest BCUT2D eigenvalue weighted by Gasteiger charge is 2.18. The molecular weight excluding hydrogens is 356 g/mol. The van der Waals surface area contributed by atoms with Crippen molar-refractivity contribution in [3.8, 4) is 0 Å². The van der Waals surface area contributed by atoms with E-state index >= 15 is 0 Å². The van der Waals surface area contributed by atoms with Crippen molar-refractivity contribution in [2.75, 3.05) is 11.5 Å². The van der Waals surface area contributed by atoms with E-state index in [1.165, 1.54) is 12.4 Å². The van der Waals surface area contributed by atoms with Crippen LogP contribution in [0, 0.1) is 34.1 Å². The van der Waals surface area contributed by atoms with E-state index in [0.717, 1.165) is 0 Å². The lowest BCUT2D eigenvalue weighted by Crippen LogP contribution is -2.07. The molecule has 24 heavy (non-hydrogen) atoms. The van der Waals surface area contributed by atoms with Crippen molar-refractivity contribution in [3.63, 3.8) is 0 Å². The van der Waals surface area contributed by atoms with Crippen molar-refractivity contribution < 1.29 is 9.85 Å². The first-order chi connectivity index (χ1) is 11.4. The van der Waals surface area contributed by atoms with Gasteiger partial charge in [0, 0.05) is 25.4 Å². The van der Waals surface area contributed by atoms with Crippen LogP contribution in [0.4, 0.5) is 11.6 Å². The van der Waals surface area contributed by atoms with Crippen molar-refractivity contribution >= 4 is 33.2 Å². The molecule has 0 unspecified atom stereocenters. The van der Waals surface area contributed by atoms with E-state index in [1.807, 2.05) is 0 Å². The second-order valence-electron chi connectivity index (χ2n) is 4.79. The molecule has 0 bridgehead atoms. The van der Waals surface area contributed by atoms with Crippen LogP contribution in [0.15, 0.2) is 12.4 Å². The summed E-state index contributed by atoms with van der Waals surface area (Å²) in [6, 6.07) is 0. The molecule has 12 heteroatoms. The summed E-state index contributed by atoms with van der Waals surface area (Å²) in [5.74, 6) is 2.54. The van der Waals surface area contributed by atoms with Crippen molar-refractivity contribution in [1.82, 2.24) is 19.1 Å². The van der Waals surface area contributed by atoms with Crippen molar-refractivity contribution in [2.45, 2.75) is 26.9 Å². The highest BCUT2D eigenvalue weighted by molar-refractivity contribution is 8.76. The van der Waals surface area contributed by atoms with Gasteiger partial charge in [-0.2, -0.15) is 0 Å². The Balaban J connectivity index is 1.77. The fourth-order valence-corrected chi connectivity index (χ4v) is 4.04. The van der Waals surface area contributed by atoms with E-state index in [1.54, 1.807) is 44.6 Å². The molecule has 10 nitrogen and oxygen atoms in total. The Morgan fingerprint density at radius 3 is 1.62 bits per heavy atom. The number of hydrogen-bond acceptors (Lipinski definition) is 8. The van der Waals surface area contributed by atoms with Gasteiger partial charge >= 0.3 is 11.6 Å². The van der Waals surface area contributed by atoms with Gasteiger partial charge in [0.1, 0.15) is 25.5 Å². The molecule has 2 aromatic rings. The zero-order chi connectivity index (χ0) is 17.7. The third-order valence-corrected chi connectivity index (χ3v) is 5.69. The monoisotopic (exact) mass is 372 g/mol. The van der Waals surface area contributed by atoms with Crippen LogP contribution < -0.4 is 0 Å². The van der Waals surface area contributed by atoms with Crippen LogP contribution in [0.3, 0.4) is 0 Å². The minimum absolute atomic E-state index is 0.0113. The molecule has 2 rings (SSSR count). The average Bonchev–Trinajstić information content (AvgIpc) is 3.06. The minimum Gasteiger partial charge on any atom is -0.358 e. The highest BCUT2D eigenvalue weighted by atomic mass is 33.1. The minimum atomic E-state index is -0.446. The van der Waals surface area contributed by atoms with Crippen molar-refractivity contribution in [2.24, 2.45) is 0 Å². The summed E-state index contributed by atoms with van der Waals surface area (Å²) in [6.07, 6.45) is 2.52. The third-order valence-electron chi connectivity index (χ3n) is 3.32. The van der Waals surface area contributed by atoms with Gasteiger partial charge < -0.3 is 20.2 Å². The van der Waals surface area contributed by atoms with Crippen LogP contribution >= 0.6 is 21.6 Å². The van der Waals surface area contributed by atoms with E-state index in [9.17, 15) is 20.2 Å². The molecule has 0 radical (unpaired) electrons. The van der Waals surface area contributed by atoms with Crippen molar-refractivity contribution in [3.05, 3.63) is 44.3 Å². The summed E-state index contributed by atoms with van der Waals surface area (Å²) in [5.41, 5.74) is 0. The predicted molar refractivity (Wildman–Crippen MR) is 92.2 cm³/mol. The Labute approximate surface area is 145 Å². The standard InChI is InChI=1S/C12H16N6O4S2/c1-9-13-7-11(17(19)20)15(9)3-5-23-24-6-4-16-10(2)14-8-12(16)18(21)22/h7-8H,3-6H2,1-2H3. The maximum Gasteiger partial charge on any atom is 0.342 e. The maximum absolute atomic E-state index is 10.9. The van der Waals surface area contributed by atoms with Crippen LogP contribution in [0.2, 0.25) is 0 Å². The number of aryl methyl sites for hydroxylation is 2. The van der Waals surface area contributed by atoms with Gasteiger partial charge in [0.15, 0.2) is 11.6 Å². The molecule has 0 aromatic carbocycles. The predicted octanol–water partition coefficient (Wildman–Crippen LogP) is 2.59. The normalized spacial score (nSPS) is 10.9. The zero-order valence-corrected chi connectivity index (χ0v) is 14.7. The molecule has 0 aliphatic carbocycles. The molecule has 2 aromatic heterocycles. The molecule has 2 heterocycles. The Kier molecular flexibility index (Phi) is 6.20. The van der Waals surface area contributed by atoms with Crippen LogP contribution in [0.1, 0.15) is 11.6 Å². The Bertz CT molecular complexity index is 682. The second-order valence-corrected chi connectivity index (χ2v) is 7.49. The van der Waals surface area contributed by atoms with Crippen LogP contribution in [-0.2, 0) is 13.1 Å². The lowest BCUT2D eigenvalue weighted by molar-refractivity contribution is -0.392. The molecular formula is C12H16N6O4S2. The topological polar surface area (TPSA) is 122 Å². The molecule has 0 atom stereocenters. The molecule has 130 valence electrons. The van der Waals surface area contributed by atoms with E-state index in [-0.39, 0.29) is 11.6 Å². The maximum atomic E-state index is 10.9. The van der Waals surface area contributed by atoms with E-state index < -0.39 is 9.85 Å². The largest absolute Gasteiger partial charge is 0.358 e. The Morgan fingerprint density at radius 2 is 1.29 bits per heavy atom. The molecule has 0 spiro atoms. The first-order valence-corrected chi connectivity index (χ1v) is 9.48. The lowest BCUT2D eigenvalue weighted by Gasteiger charge is -2.04. The van der Waals surface area contributed by atoms with Gasteiger partial charge in [-0.3, -0.25) is 0 Å². The molecule has 0 saturated heterocycles. The third kappa shape index (κ3) is 4.26. The summed E-state index contributed by atoms with van der Waals surface area (Å²) in [6.45, 7) is 4.44. The van der Waals surface area contributed by atoms with Crippen molar-refractivity contribution in [1.29, 1.82) is 0 Å². The quantitative estimate of drug-likeness (QED) is 0.285. The number of hydrogen-bond donors (Lipinski definition) is 0. The number of aromatic nitrogens is 4. The summed E-state index contributed by atoms with van der Waals surface area (Å²) >= 11 is 0. The van der Waals surface area contributed by atoms with Gasteiger partial charge in [-0.1, -0.05) is 21.6 Å². The zero-order valence-electron chi connectivity index (χ0n) is 13.1. The second kappa shape index (κ2) is 8.15. The average molecular weight is 372 g/mol. The Morgan fingerprint density at radius 1 is 0.917 bits per heavy atom. The van der Waals surface area contributed by atoms with E-state index in [4.69, 9.17) is 0 Å². The summed E-state index contributed by atoms with van der Waals surface area (Å²) in [4.78, 5) is 28.8. The summed E-state index contributed by atoms with van der Waals surface area (Å²) in [7, 11) is 3.13. The number of nitro groups is 2. The van der Waals surface area contributed by atoms with E-state index in [0.29, 0.717) is 36.2 Å². The van der Waals surface area contributed by atoms with Gasteiger partial charge in [0.05, 0.1) is 0 Å². The molecule has 0 amide bonds. The molecule has 0 fully saturated rings. The Hall–Kier alpha value is -2.08. The fourth-order valence-electron chi connectivity index (χ4n) is 2.13. The number of imidazole rings is 2. The van der Waals surface area contributed by atoms with Gasteiger partial charge in [-0.15, -0.1) is 0 Å². The van der Waals surface area contributed by atoms with Crippen LogP contribution in [-0.4, -0.2) is 40.5 Å². The first-order valence-electron chi connectivity index (χ1n) is 6.99. The molecule has 0 aliphatic heterocycles. The van der Waals surface area contributed by atoms with Gasteiger partial charge in [-0.05, 0) is 9.85 Å². The smallest absolute Gasteiger partial charge is 0.342 e. The first kappa shape index (κ1) is 18.3. The lowest BCUT2D eigenvalue weighted by atomic mass is 10.6. The number of nitrogens with zero attached hydrogens (tertiary/aromatic N) is 6. The SMILES string of the molecule is Cc1ncc([N+](=O)[O-])n1CCSSCCn1c([N+](=O)[O-])cnc1C. The molecule has 0 aliphatic rings. The highest BCUT2D eigenvalue weighted by Crippen LogP contribution is 2.24. The van der Waals surface area contributed by atoms with Gasteiger partial charge in [0.2, 0.25) is 0 Å². The number of rotatable bonds is 9. The molecule has 0 saturated carbocycles.